The van der Waals surface area contributed by atoms with Crippen molar-refractivity contribution in [3.63, 3.8) is 0 Å². The lowest BCUT2D eigenvalue weighted by Crippen LogP contribution is -2.72. The lowest BCUT2D eigenvalue weighted by molar-refractivity contribution is 0.0134. The zero-order valence-corrected chi connectivity index (χ0v) is 11.7. The van der Waals surface area contributed by atoms with Gasteiger partial charge in [0, 0.05) is 53.5 Å². The van der Waals surface area contributed by atoms with Crippen LogP contribution in [0.15, 0.2) is 0 Å². The first-order valence-electron chi connectivity index (χ1n) is 6.22. The summed E-state index contributed by atoms with van der Waals surface area (Å²) in [5, 5.41) is 6.71. The van der Waals surface area contributed by atoms with Crippen LogP contribution < -0.4 is 10.6 Å². The van der Waals surface area contributed by atoms with E-state index in [0.717, 1.165) is 45.9 Å². The Morgan fingerprint density at radius 3 is 2.35 bits per heavy atom. The highest BCUT2D eigenvalue weighted by atomic mass is 28.4. The summed E-state index contributed by atoms with van der Waals surface area (Å²) in [6.07, 6.45) is 0. The van der Waals surface area contributed by atoms with Crippen molar-refractivity contribution in [3.8, 4) is 0 Å². The van der Waals surface area contributed by atoms with E-state index in [-0.39, 0.29) is 5.73 Å². The number of morpholine rings is 1. The molecule has 2 aliphatic heterocycles. The SMILES string of the molecule is CO[Si](OC)(C1CNCCO1)N1CCNCC1. The molecule has 2 N–H and O–H groups in total. The Morgan fingerprint density at radius 2 is 1.82 bits per heavy atom. The number of rotatable bonds is 4. The standard InChI is InChI=1S/C10H23N3O3Si/c1-14-17(15-2,10-9-12-5-8-16-10)13-6-3-11-4-7-13/h10-12H,3-9H2,1-2H3. The quantitative estimate of drug-likeness (QED) is 0.611. The summed E-state index contributed by atoms with van der Waals surface area (Å²) in [4.78, 5) is 0. The number of nitrogens with one attached hydrogen (secondary N) is 2. The first-order chi connectivity index (χ1) is 8.33. The summed E-state index contributed by atoms with van der Waals surface area (Å²) in [6, 6.07) is 0. The Labute approximate surface area is 104 Å². The molecule has 7 heteroatoms. The van der Waals surface area contributed by atoms with Gasteiger partial charge in [0.15, 0.2) is 0 Å². The van der Waals surface area contributed by atoms with Crippen LogP contribution in [-0.2, 0) is 13.6 Å². The van der Waals surface area contributed by atoms with E-state index in [4.69, 9.17) is 13.6 Å². The minimum atomic E-state index is -2.43. The minimum Gasteiger partial charge on any atom is -0.384 e. The zero-order chi connectivity index (χ0) is 12.1. The van der Waals surface area contributed by atoms with Crippen LogP contribution in [0, 0.1) is 0 Å². The lowest BCUT2D eigenvalue weighted by Gasteiger charge is -2.45. The molecule has 0 aliphatic carbocycles. The van der Waals surface area contributed by atoms with Crippen molar-refractivity contribution in [2.24, 2.45) is 0 Å². The molecule has 0 radical (unpaired) electrons. The number of piperazine rings is 1. The molecule has 1 atom stereocenters. The maximum Gasteiger partial charge on any atom is 0.458 e. The van der Waals surface area contributed by atoms with E-state index >= 15 is 0 Å². The third-order valence-electron chi connectivity index (χ3n) is 3.48. The molecule has 2 saturated heterocycles. The summed E-state index contributed by atoms with van der Waals surface area (Å²) in [6.45, 7) is 6.37. The fraction of sp³-hybridized carbons (Fsp3) is 1.00. The zero-order valence-electron chi connectivity index (χ0n) is 10.7. The van der Waals surface area contributed by atoms with Crippen molar-refractivity contribution in [3.05, 3.63) is 0 Å². The third kappa shape index (κ3) is 2.70. The molecule has 17 heavy (non-hydrogen) atoms. The van der Waals surface area contributed by atoms with Crippen LogP contribution in [0.25, 0.3) is 0 Å². The van der Waals surface area contributed by atoms with Crippen LogP contribution in [0.2, 0.25) is 0 Å². The molecule has 2 heterocycles. The molecule has 0 aromatic carbocycles. The molecule has 2 aliphatic rings. The van der Waals surface area contributed by atoms with Crippen LogP contribution in [0.3, 0.4) is 0 Å². The predicted molar refractivity (Wildman–Crippen MR) is 66.8 cm³/mol. The van der Waals surface area contributed by atoms with Crippen molar-refractivity contribution in [1.82, 2.24) is 15.2 Å². The van der Waals surface area contributed by atoms with Gasteiger partial charge in [0.05, 0.1) is 6.61 Å². The van der Waals surface area contributed by atoms with Gasteiger partial charge < -0.3 is 24.2 Å². The van der Waals surface area contributed by atoms with Crippen LogP contribution in [0.5, 0.6) is 0 Å². The monoisotopic (exact) mass is 261 g/mol. The van der Waals surface area contributed by atoms with Crippen molar-refractivity contribution in [1.29, 1.82) is 0 Å². The van der Waals surface area contributed by atoms with Gasteiger partial charge in [-0.25, -0.2) is 0 Å². The molecule has 6 nitrogen and oxygen atoms in total. The van der Waals surface area contributed by atoms with E-state index in [1.54, 1.807) is 14.2 Å². The van der Waals surface area contributed by atoms with Crippen LogP contribution in [0.1, 0.15) is 0 Å². The Morgan fingerprint density at radius 1 is 1.12 bits per heavy atom. The molecule has 0 aromatic heterocycles. The summed E-state index contributed by atoms with van der Waals surface area (Å²) in [5.41, 5.74) is 0.0457. The molecular weight excluding hydrogens is 238 g/mol. The van der Waals surface area contributed by atoms with Crippen molar-refractivity contribution >= 4 is 8.72 Å². The van der Waals surface area contributed by atoms with Gasteiger partial charge in [-0.3, -0.25) is 4.57 Å². The number of nitrogens with zero attached hydrogens (tertiary/aromatic N) is 1. The third-order valence-corrected chi connectivity index (χ3v) is 7.16. The molecule has 2 rings (SSSR count). The Balaban J connectivity index is 2.10. The molecule has 0 bridgehead atoms. The van der Waals surface area contributed by atoms with E-state index in [2.05, 4.69) is 15.2 Å². The van der Waals surface area contributed by atoms with Crippen LogP contribution >= 0.6 is 0 Å². The smallest absolute Gasteiger partial charge is 0.384 e. The first kappa shape index (κ1) is 13.4. The van der Waals surface area contributed by atoms with E-state index in [1.165, 1.54) is 0 Å². The van der Waals surface area contributed by atoms with Gasteiger partial charge in [-0.05, 0) is 0 Å². The van der Waals surface area contributed by atoms with Gasteiger partial charge >= 0.3 is 8.72 Å². The van der Waals surface area contributed by atoms with E-state index in [0.29, 0.717) is 0 Å². The van der Waals surface area contributed by atoms with E-state index < -0.39 is 8.72 Å². The second-order valence-electron chi connectivity index (χ2n) is 4.34. The molecule has 100 valence electrons. The molecule has 2 fully saturated rings. The Bertz CT molecular complexity index is 209. The van der Waals surface area contributed by atoms with Gasteiger partial charge in [0.2, 0.25) is 0 Å². The summed E-state index contributed by atoms with van der Waals surface area (Å²) in [7, 11) is 1.06. The molecule has 0 amide bonds. The van der Waals surface area contributed by atoms with Gasteiger partial charge in [-0.15, -0.1) is 0 Å². The molecule has 0 spiro atoms. The van der Waals surface area contributed by atoms with Crippen LogP contribution in [-0.4, -0.2) is 79.1 Å². The fourth-order valence-corrected chi connectivity index (χ4v) is 5.78. The number of hydrogen-bond acceptors (Lipinski definition) is 6. The average molecular weight is 261 g/mol. The first-order valence-corrected chi connectivity index (χ1v) is 8.06. The van der Waals surface area contributed by atoms with Crippen molar-refractivity contribution < 1.29 is 13.6 Å². The maximum atomic E-state index is 5.87. The molecule has 0 saturated carbocycles. The second kappa shape index (κ2) is 6.23. The van der Waals surface area contributed by atoms with E-state index in [1.807, 2.05) is 0 Å². The largest absolute Gasteiger partial charge is 0.458 e. The molecule has 0 aromatic rings. The highest BCUT2D eigenvalue weighted by molar-refractivity contribution is 6.66. The number of ether oxygens (including phenoxy) is 1. The van der Waals surface area contributed by atoms with Gasteiger partial charge in [-0.2, -0.15) is 0 Å². The molecule has 1 unspecified atom stereocenters. The predicted octanol–water partition coefficient (Wildman–Crippen LogP) is -1.35. The van der Waals surface area contributed by atoms with E-state index in [9.17, 15) is 0 Å². The highest BCUT2D eigenvalue weighted by Crippen LogP contribution is 2.21. The summed E-state index contributed by atoms with van der Waals surface area (Å²) in [5.74, 6) is 0. The van der Waals surface area contributed by atoms with Crippen molar-refractivity contribution in [2.75, 3.05) is 60.1 Å². The maximum absolute atomic E-state index is 5.87. The summed E-state index contributed by atoms with van der Waals surface area (Å²) < 4.78 is 19.8. The van der Waals surface area contributed by atoms with Crippen molar-refractivity contribution in [2.45, 2.75) is 5.73 Å². The Kier molecular flexibility index (Phi) is 4.92. The number of hydrogen-bond donors (Lipinski definition) is 2. The molecular formula is C10H23N3O3Si. The normalized spacial score (nSPS) is 28.2. The van der Waals surface area contributed by atoms with Gasteiger partial charge in [0.25, 0.3) is 0 Å². The fourth-order valence-electron chi connectivity index (χ4n) is 2.58. The lowest BCUT2D eigenvalue weighted by atomic mass is 10.4. The second-order valence-corrected chi connectivity index (χ2v) is 7.69. The average Bonchev–Trinajstić information content (AvgIpc) is 2.43. The Hall–Kier alpha value is -0.0231. The van der Waals surface area contributed by atoms with Gasteiger partial charge in [0.1, 0.15) is 5.73 Å². The van der Waals surface area contributed by atoms with Gasteiger partial charge in [-0.1, -0.05) is 0 Å². The highest BCUT2D eigenvalue weighted by Gasteiger charge is 2.52. The topological polar surface area (TPSA) is 55.0 Å². The minimum absolute atomic E-state index is 0.0457. The van der Waals surface area contributed by atoms with Crippen LogP contribution in [0.4, 0.5) is 0 Å². The summed E-state index contributed by atoms with van der Waals surface area (Å²) >= 11 is 0.